The second kappa shape index (κ2) is 12.5. The number of hydrogen-bond acceptors (Lipinski definition) is 6. The first-order chi connectivity index (χ1) is 18.0. The molecule has 4 rings (SSSR count). The maximum Gasteiger partial charge on any atom is 0.414 e. The SMILES string of the molecule is CC(OC(=O)Nc1cnc(-c2ccc(COC(CC(=O)O)Cc3ccccc3)cc2)o1)c1ccccc1. The number of rotatable bonds is 11. The van der Waals surface area contributed by atoms with E-state index in [2.05, 4.69) is 10.3 Å². The van der Waals surface area contributed by atoms with Crippen molar-refractivity contribution in [3.63, 3.8) is 0 Å². The summed E-state index contributed by atoms with van der Waals surface area (Å²) in [7, 11) is 0. The second-order valence-corrected chi connectivity index (χ2v) is 8.53. The van der Waals surface area contributed by atoms with Crippen LogP contribution in [0.15, 0.2) is 95.5 Å². The Morgan fingerprint density at radius 2 is 1.62 bits per heavy atom. The average molecular weight is 501 g/mol. The molecule has 190 valence electrons. The standard InChI is InChI=1S/C29H28N2O6/c1-20(23-10-6-3-7-11-23)36-29(34)31-26-18-30-28(37-26)24-14-12-22(13-15-24)19-35-25(17-27(32)33)16-21-8-4-2-5-9-21/h2-15,18,20,25H,16-17,19H2,1H3,(H,31,34)(H,32,33). The number of ether oxygens (including phenoxy) is 2. The number of anilines is 1. The van der Waals surface area contributed by atoms with Crippen molar-refractivity contribution in [2.24, 2.45) is 0 Å². The highest BCUT2D eigenvalue weighted by Crippen LogP contribution is 2.24. The third kappa shape index (κ3) is 7.78. The molecule has 0 fully saturated rings. The first-order valence-electron chi connectivity index (χ1n) is 11.9. The van der Waals surface area contributed by atoms with Gasteiger partial charge in [0, 0.05) is 5.56 Å². The molecule has 2 N–H and O–H groups in total. The monoisotopic (exact) mass is 500 g/mol. The van der Waals surface area contributed by atoms with Crippen LogP contribution in [0.4, 0.5) is 10.7 Å². The first-order valence-corrected chi connectivity index (χ1v) is 11.9. The second-order valence-electron chi connectivity index (χ2n) is 8.53. The summed E-state index contributed by atoms with van der Waals surface area (Å²) in [5, 5.41) is 11.8. The normalized spacial score (nSPS) is 12.5. The van der Waals surface area contributed by atoms with Crippen LogP contribution < -0.4 is 5.32 Å². The van der Waals surface area contributed by atoms with E-state index in [0.717, 1.165) is 16.7 Å². The fourth-order valence-corrected chi connectivity index (χ4v) is 3.77. The van der Waals surface area contributed by atoms with Gasteiger partial charge in [-0.15, -0.1) is 0 Å². The Balaban J connectivity index is 1.31. The van der Waals surface area contributed by atoms with E-state index in [-0.39, 0.29) is 18.9 Å². The number of benzene rings is 3. The van der Waals surface area contributed by atoms with E-state index < -0.39 is 24.3 Å². The average Bonchev–Trinajstić information content (AvgIpc) is 3.36. The number of nitrogens with zero attached hydrogens (tertiary/aromatic N) is 1. The molecular weight excluding hydrogens is 472 g/mol. The van der Waals surface area contributed by atoms with Crippen LogP contribution >= 0.6 is 0 Å². The Hall–Kier alpha value is -4.43. The van der Waals surface area contributed by atoms with Crippen molar-refractivity contribution >= 4 is 17.9 Å². The lowest BCUT2D eigenvalue weighted by Gasteiger charge is -2.16. The molecule has 2 unspecified atom stereocenters. The molecule has 1 aromatic heterocycles. The van der Waals surface area contributed by atoms with Crippen molar-refractivity contribution in [1.29, 1.82) is 0 Å². The number of oxazole rings is 1. The zero-order valence-electron chi connectivity index (χ0n) is 20.4. The van der Waals surface area contributed by atoms with E-state index >= 15 is 0 Å². The molecule has 0 aliphatic heterocycles. The molecule has 4 aromatic rings. The van der Waals surface area contributed by atoms with Crippen molar-refractivity contribution in [2.75, 3.05) is 5.32 Å². The van der Waals surface area contributed by atoms with Gasteiger partial charge in [0.2, 0.25) is 11.8 Å². The Morgan fingerprint density at radius 1 is 0.946 bits per heavy atom. The Morgan fingerprint density at radius 3 is 2.30 bits per heavy atom. The van der Waals surface area contributed by atoms with Crippen molar-refractivity contribution in [3.05, 3.63) is 108 Å². The number of carbonyl (C=O) groups is 2. The van der Waals surface area contributed by atoms with Crippen LogP contribution in [0.5, 0.6) is 0 Å². The number of aromatic nitrogens is 1. The van der Waals surface area contributed by atoms with E-state index in [0.29, 0.717) is 17.9 Å². The minimum absolute atomic E-state index is 0.0777. The van der Waals surface area contributed by atoms with Crippen LogP contribution in [0.1, 0.15) is 36.1 Å². The summed E-state index contributed by atoms with van der Waals surface area (Å²) in [5.74, 6) is -0.389. The van der Waals surface area contributed by atoms with Gasteiger partial charge >= 0.3 is 12.1 Å². The van der Waals surface area contributed by atoms with E-state index in [1.54, 1.807) is 6.92 Å². The number of hydrogen-bond donors (Lipinski definition) is 2. The van der Waals surface area contributed by atoms with E-state index in [1.165, 1.54) is 6.20 Å². The molecule has 0 radical (unpaired) electrons. The number of nitrogens with one attached hydrogen (secondary N) is 1. The molecule has 1 amide bonds. The molecular formula is C29H28N2O6. The maximum atomic E-state index is 12.2. The molecule has 2 atom stereocenters. The van der Waals surface area contributed by atoms with Crippen LogP contribution in [-0.4, -0.2) is 28.3 Å². The quantitative estimate of drug-likeness (QED) is 0.250. The van der Waals surface area contributed by atoms with Gasteiger partial charge in [-0.25, -0.2) is 9.78 Å². The van der Waals surface area contributed by atoms with Crippen LogP contribution in [0, 0.1) is 0 Å². The number of amides is 1. The molecule has 0 saturated carbocycles. The van der Waals surface area contributed by atoms with Crippen molar-refractivity contribution in [2.45, 2.75) is 38.6 Å². The van der Waals surface area contributed by atoms with E-state index in [9.17, 15) is 14.7 Å². The summed E-state index contributed by atoms with van der Waals surface area (Å²) >= 11 is 0. The van der Waals surface area contributed by atoms with Crippen LogP contribution in [0.25, 0.3) is 11.5 Å². The molecule has 0 spiro atoms. The lowest BCUT2D eigenvalue weighted by atomic mass is 10.1. The van der Waals surface area contributed by atoms with Crippen LogP contribution in [-0.2, 0) is 27.3 Å². The zero-order chi connectivity index (χ0) is 26.0. The molecule has 1 heterocycles. The van der Waals surface area contributed by atoms with E-state index in [1.807, 2.05) is 84.9 Å². The third-order valence-electron chi connectivity index (χ3n) is 5.68. The molecule has 0 aliphatic carbocycles. The Bertz CT molecular complexity index is 1290. The van der Waals surface area contributed by atoms with Gasteiger partial charge in [-0.3, -0.25) is 10.1 Å². The first kappa shape index (κ1) is 25.7. The summed E-state index contributed by atoms with van der Waals surface area (Å²) in [6.45, 7) is 2.06. The number of carboxylic acid groups (broad SMARTS) is 1. The highest BCUT2D eigenvalue weighted by Gasteiger charge is 2.16. The van der Waals surface area contributed by atoms with Gasteiger partial charge in [-0.05, 0) is 42.2 Å². The smallest absolute Gasteiger partial charge is 0.414 e. The van der Waals surface area contributed by atoms with E-state index in [4.69, 9.17) is 13.9 Å². The van der Waals surface area contributed by atoms with Gasteiger partial charge in [0.1, 0.15) is 6.10 Å². The molecule has 3 aromatic carbocycles. The summed E-state index contributed by atoms with van der Waals surface area (Å²) in [6, 6.07) is 26.5. The summed E-state index contributed by atoms with van der Waals surface area (Å²) < 4.78 is 17.0. The number of carbonyl (C=O) groups excluding carboxylic acids is 1. The van der Waals surface area contributed by atoms with Gasteiger partial charge in [-0.2, -0.15) is 0 Å². The fraction of sp³-hybridized carbons (Fsp3) is 0.207. The van der Waals surface area contributed by atoms with Crippen molar-refractivity contribution < 1.29 is 28.6 Å². The number of aliphatic carboxylic acids is 1. The summed E-state index contributed by atoms with van der Waals surface area (Å²) in [4.78, 5) is 27.7. The predicted octanol–water partition coefficient (Wildman–Crippen LogP) is 6.25. The summed E-state index contributed by atoms with van der Waals surface area (Å²) in [6.07, 6.45) is 0.361. The third-order valence-corrected chi connectivity index (χ3v) is 5.68. The number of carboxylic acids is 1. The minimum Gasteiger partial charge on any atom is -0.481 e. The molecule has 0 aliphatic rings. The largest absolute Gasteiger partial charge is 0.481 e. The van der Waals surface area contributed by atoms with Gasteiger partial charge < -0.3 is 19.0 Å². The molecule has 8 heteroatoms. The van der Waals surface area contributed by atoms with Gasteiger partial charge in [0.25, 0.3) is 0 Å². The zero-order valence-corrected chi connectivity index (χ0v) is 20.4. The van der Waals surface area contributed by atoms with Crippen LogP contribution in [0.2, 0.25) is 0 Å². The topological polar surface area (TPSA) is 111 Å². The maximum absolute atomic E-state index is 12.2. The minimum atomic E-state index is -0.900. The summed E-state index contributed by atoms with van der Waals surface area (Å²) in [5.41, 5.74) is 3.51. The fourth-order valence-electron chi connectivity index (χ4n) is 3.77. The molecule has 0 bridgehead atoms. The van der Waals surface area contributed by atoms with Crippen molar-refractivity contribution in [3.8, 4) is 11.5 Å². The highest BCUT2D eigenvalue weighted by molar-refractivity contribution is 5.83. The van der Waals surface area contributed by atoms with Gasteiger partial charge in [0.05, 0.1) is 25.3 Å². The lowest BCUT2D eigenvalue weighted by Crippen LogP contribution is -2.20. The Labute approximate surface area is 214 Å². The molecule has 8 nitrogen and oxygen atoms in total. The van der Waals surface area contributed by atoms with Crippen molar-refractivity contribution in [1.82, 2.24) is 4.98 Å². The highest BCUT2D eigenvalue weighted by atomic mass is 16.6. The Kier molecular flexibility index (Phi) is 8.67. The molecule has 0 saturated heterocycles. The van der Waals surface area contributed by atoms with Crippen LogP contribution in [0.3, 0.4) is 0 Å². The molecule has 37 heavy (non-hydrogen) atoms. The van der Waals surface area contributed by atoms with Gasteiger partial charge in [0.15, 0.2) is 0 Å². The predicted molar refractivity (Wildman–Crippen MR) is 138 cm³/mol. The van der Waals surface area contributed by atoms with Gasteiger partial charge in [-0.1, -0.05) is 72.8 Å². The lowest BCUT2D eigenvalue weighted by molar-refractivity contribution is -0.140.